The smallest absolute Gasteiger partial charge is 0.253 e. The Kier molecular flexibility index (Phi) is 5.41. The lowest BCUT2D eigenvalue weighted by atomic mass is 10.2. The van der Waals surface area contributed by atoms with Crippen LogP contribution in [0.2, 0.25) is 0 Å². The highest BCUT2D eigenvalue weighted by Crippen LogP contribution is 2.01. The molecular formula is C13H18FN3O2. The number of halogens is 1. The molecule has 0 spiro atoms. The molecule has 2 amide bonds. The van der Waals surface area contributed by atoms with Crippen LogP contribution in [0.25, 0.3) is 0 Å². The van der Waals surface area contributed by atoms with Crippen LogP contribution < -0.4 is 5.32 Å². The van der Waals surface area contributed by atoms with Crippen LogP contribution in [0.1, 0.15) is 31.1 Å². The number of hydrogen-bond donors (Lipinski definition) is 1. The zero-order valence-electron chi connectivity index (χ0n) is 11.3. The van der Waals surface area contributed by atoms with Crippen LogP contribution in [0.4, 0.5) is 4.39 Å². The lowest BCUT2D eigenvalue weighted by Crippen LogP contribution is -2.46. The summed E-state index contributed by atoms with van der Waals surface area (Å²) in [4.78, 5) is 28.8. The Bertz CT molecular complexity index is 444. The fraction of sp³-hybridized carbons (Fsp3) is 0.462. The lowest BCUT2D eigenvalue weighted by Gasteiger charge is -2.23. The van der Waals surface area contributed by atoms with Gasteiger partial charge in [-0.1, -0.05) is 0 Å². The van der Waals surface area contributed by atoms with Crippen molar-refractivity contribution >= 4 is 11.8 Å². The monoisotopic (exact) mass is 267 g/mol. The summed E-state index contributed by atoms with van der Waals surface area (Å²) in [5.41, 5.74) is 0.223. The van der Waals surface area contributed by atoms with Crippen molar-refractivity contribution in [3.05, 3.63) is 29.8 Å². The molecule has 0 aromatic carbocycles. The largest absolute Gasteiger partial charge is 0.341 e. The number of amides is 2. The molecule has 0 aliphatic rings. The molecule has 104 valence electrons. The van der Waals surface area contributed by atoms with Gasteiger partial charge in [0.05, 0.1) is 5.56 Å². The lowest BCUT2D eigenvalue weighted by molar-refractivity contribution is -0.132. The number of nitrogens with one attached hydrogen (secondary N) is 1. The SMILES string of the molecule is CCN(CC)C(=O)C(C)NC(=O)c1ccc(F)nc1. The van der Waals surface area contributed by atoms with Gasteiger partial charge < -0.3 is 10.2 Å². The van der Waals surface area contributed by atoms with Crippen LogP contribution in [0.15, 0.2) is 18.3 Å². The number of carbonyl (C=O) groups excluding carboxylic acids is 2. The highest BCUT2D eigenvalue weighted by atomic mass is 19.1. The predicted molar refractivity (Wildman–Crippen MR) is 69.1 cm³/mol. The first kappa shape index (κ1) is 15.1. The summed E-state index contributed by atoms with van der Waals surface area (Å²) in [6.45, 7) is 6.55. The first-order valence-corrected chi connectivity index (χ1v) is 6.20. The summed E-state index contributed by atoms with van der Waals surface area (Å²) in [7, 11) is 0. The third kappa shape index (κ3) is 4.01. The molecule has 1 aromatic rings. The van der Waals surface area contributed by atoms with Crippen molar-refractivity contribution in [2.24, 2.45) is 0 Å². The molecule has 0 bridgehead atoms. The molecule has 0 saturated heterocycles. The average molecular weight is 267 g/mol. The minimum atomic E-state index is -0.649. The Morgan fingerprint density at radius 3 is 2.47 bits per heavy atom. The molecular weight excluding hydrogens is 249 g/mol. The highest BCUT2D eigenvalue weighted by molar-refractivity contribution is 5.97. The van der Waals surface area contributed by atoms with Gasteiger partial charge in [-0.05, 0) is 32.9 Å². The standard InChI is InChI=1S/C13H18FN3O2/c1-4-17(5-2)13(19)9(3)16-12(18)10-6-7-11(14)15-8-10/h6-9H,4-5H2,1-3H3,(H,16,18). The van der Waals surface area contributed by atoms with Gasteiger partial charge in [0.2, 0.25) is 11.9 Å². The van der Waals surface area contributed by atoms with Crippen molar-refractivity contribution in [1.82, 2.24) is 15.2 Å². The van der Waals surface area contributed by atoms with E-state index in [-0.39, 0.29) is 11.5 Å². The van der Waals surface area contributed by atoms with Crippen molar-refractivity contribution in [3.8, 4) is 0 Å². The van der Waals surface area contributed by atoms with Crippen molar-refractivity contribution in [3.63, 3.8) is 0 Å². The van der Waals surface area contributed by atoms with Gasteiger partial charge in [0.1, 0.15) is 6.04 Å². The van der Waals surface area contributed by atoms with E-state index in [9.17, 15) is 14.0 Å². The maximum atomic E-state index is 12.6. The van der Waals surface area contributed by atoms with E-state index >= 15 is 0 Å². The van der Waals surface area contributed by atoms with E-state index in [0.29, 0.717) is 13.1 Å². The normalized spacial score (nSPS) is 11.8. The van der Waals surface area contributed by atoms with Crippen molar-refractivity contribution in [2.45, 2.75) is 26.8 Å². The van der Waals surface area contributed by atoms with E-state index < -0.39 is 17.9 Å². The van der Waals surface area contributed by atoms with Crippen LogP contribution in [0.3, 0.4) is 0 Å². The van der Waals surface area contributed by atoms with E-state index in [0.717, 1.165) is 12.3 Å². The van der Waals surface area contributed by atoms with Crippen LogP contribution in [0.5, 0.6) is 0 Å². The molecule has 1 unspecified atom stereocenters. The van der Waals surface area contributed by atoms with E-state index in [2.05, 4.69) is 10.3 Å². The third-order valence-electron chi connectivity index (χ3n) is 2.78. The van der Waals surface area contributed by atoms with E-state index in [1.54, 1.807) is 11.8 Å². The summed E-state index contributed by atoms with van der Waals surface area (Å²) >= 11 is 0. The van der Waals surface area contributed by atoms with Gasteiger partial charge in [-0.2, -0.15) is 4.39 Å². The molecule has 1 heterocycles. The average Bonchev–Trinajstić information content (AvgIpc) is 2.40. The minimum Gasteiger partial charge on any atom is -0.341 e. The highest BCUT2D eigenvalue weighted by Gasteiger charge is 2.20. The molecule has 1 atom stereocenters. The number of carbonyl (C=O) groups is 2. The Balaban J connectivity index is 2.66. The quantitative estimate of drug-likeness (QED) is 0.816. The van der Waals surface area contributed by atoms with Gasteiger partial charge in [0, 0.05) is 19.3 Å². The Morgan fingerprint density at radius 2 is 2.00 bits per heavy atom. The fourth-order valence-corrected chi connectivity index (χ4v) is 1.66. The zero-order chi connectivity index (χ0) is 14.4. The Morgan fingerprint density at radius 1 is 1.37 bits per heavy atom. The van der Waals surface area contributed by atoms with E-state index in [4.69, 9.17) is 0 Å². The molecule has 1 rings (SSSR count). The van der Waals surface area contributed by atoms with Gasteiger partial charge in [-0.25, -0.2) is 4.98 Å². The summed E-state index contributed by atoms with van der Waals surface area (Å²) in [6, 6.07) is 1.80. The maximum Gasteiger partial charge on any atom is 0.253 e. The van der Waals surface area contributed by atoms with Crippen molar-refractivity contribution < 1.29 is 14.0 Å². The molecule has 0 saturated carbocycles. The predicted octanol–water partition coefficient (Wildman–Crippen LogP) is 1.21. The molecule has 0 radical (unpaired) electrons. The number of hydrogen-bond acceptors (Lipinski definition) is 3. The number of likely N-dealkylation sites (N-methyl/N-ethyl adjacent to an activating group) is 1. The second-order valence-electron chi connectivity index (χ2n) is 4.08. The van der Waals surface area contributed by atoms with Gasteiger partial charge in [0.15, 0.2) is 0 Å². The number of rotatable bonds is 5. The summed E-state index contributed by atoms with van der Waals surface area (Å²) in [5.74, 6) is -1.24. The first-order chi connectivity index (χ1) is 8.99. The summed E-state index contributed by atoms with van der Waals surface area (Å²) in [6.07, 6.45) is 1.14. The van der Waals surface area contributed by atoms with Gasteiger partial charge >= 0.3 is 0 Å². The van der Waals surface area contributed by atoms with Crippen LogP contribution in [-0.4, -0.2) is 40.8 Å². The minimum absolute atomic E-state index is 0.145. The van der Waals surface area contributed by atoms with E-state index in [1.165, 1.54) is 6.07 Å². The fourth-order valence-electron chi connectivity index (χ4n) is 1.66. The Labute approximate surface area is 111 Å². The maximum absolute atomic E-state index is 12.6. The second-order valence-corrected chi connectivity index (χ2v) is 4.08. The first-order valence-electron chi connectivity index (χ1n) is 6.20. The molecule has 6 heteroatoms. The van der Waals surface area contributed by atoms with Crippen molar-refractivity contribution in [2.75, 3.05) is 13.1 Å². The number of pyridine rings is 1. The zero-order valence-corrected chi connectivity index (χ0v) is 11.3. The molecule has 1 aromatic heterocycles. The molecule has 19 heavy (non-hydrogen) atoms. The van der Waals surface area contributed by atoms with Crippen molar-refractivity contribution in [1.29, 1.82) is 0 Å². The van der Waals surface area contributed by atoms with Crippen LogP contribution >= 0.6 is 0 Å². The molecule has 1 N–H and O–H groups in total. The molecule has 5 nitrogen and oxygen atoms in total. The summed E-state index contributed by atoms with van der Waals surface area (Å²) in [5, 5.41) is 2.57. The van der Waals surface area contributed by atoms with Gasteiger partial charge in [-0.3, -0.25) is 9.59 Å². The van der Waals surface area contributed by atoms with Gasteiger partial charge in [-0.15, -0.1) is 0 Å². The Hall–Kier alpha value is -1.98. The molecule has 0 fully saturated rings. The number of nitrogens with zero attached hydrogens (tertiary/aromatic N) is 2. The van der Waals surface area contributed by atoms with Crippen LogP contribution in [0, 0.1) is 5.95 Å². The third-order valence-corrected chi connectivity index (χ3v) is 2.78. The van der Waals surface area contributed by atoms with E-state index in [1.807, 2.05) is 13.8 Å². The molecule has 0 aliphatic heterocycles. The second kappa shape index (κ2) is 6.82. The number of aromatic nitrogens is 1. The topological polar surface area (TPSA) is 62.3 Å². The molecule has 0 aliphatic carbocycles. The van der Waals surface area contributed by atoms with Gasteiger partial charge in [0.25, 0.3) is 5.91 Å². The summed E-state index contributed by atoms with van der Waals surface area (Å²) < 4.78 is 12.6. The van der Waals surface area contributed by atoms with Crippen LogP contribution in [-0.2, 0) is 4.79 Å².